The second-order valence-electron chi connectivity index (χ2n) is 8.59. The van der Waals surface area contributed by atoms with Crippen LogP contribution in [0.15, 0.2) is 60.7 Å². The van der Waals surface area contributed by atoms with Crippen LogP contribution in [0.1, 0.15) is 65.7 Å². The van der Waals surface area contributed by atoms with Gasteiger partial charge < -0.3 is 9.22 Å². The number of carbonyl (C=O) groups is 1. The fraction of sp³-hybridized carbons (Fsp3) is 0.480. The Hall–Kier alpha value is -1.71. The van der Waals surface area contributed by atoms with E-state index in [9.17, 15) is 4.79 Å². The van der Waals surface area contributed by atoms with Crippen molar-refractivity contribution in [2.45, 2.75) is 70.8 Å². The van der Waals surface area contributed by atoms with Crippen LogP contribution in [0, 0.1) is 0 Å². The highest BCUT2D eigenvalue weighted by atomic mass is 28.4. The predicted molar refractivity (Wildman–Crippen MR) is 122 cm³/mol. The molecule has 2 aromatic rings. The SMILES string of the molecule is CC(C)(C)[Si](OCCCCCCCCC=O)(c1ccccc1)c1ccccc1. The number of hydrogen-bond acceptors (Lipinski definition) is 2. The van der Waals surface area contributed by atoms with Crippen molar-refractivity contribution < 1.29 is 9.22 Å². The first-order chi connectivity index (χ1) is 13.5. The highest BCUT2D eigenvalue weighted by Gasteiger charge is 2.49. The molecule has 0 radical (unpaired) electrons. The smallest absolute Gasteiger partial charge is 0.261 e. The van der Waals surface area contributed by atoms with E-state index in [1.807, 2.05) is 0 Å². The topological polar surface area (TPSA) is 26.3 Å². The van der Waals surface area contributed by atoms with Gasteiger partial charge in [0.2, 0.25) is 0 Å². The van der Waals surface area contributed by atoms with Gasteiger partial charge >= 0.3 is 0 Å². The lowest BCUT2D eigenvalue weighted by molar-refractivity contribution is -0.107. The van der Waals surface area contributed by atoms with Crippen molar-refractivity contribution in [2.75, 3.05) is 6.61 Å². The number of unbranched alkanes of at least 4 members (excludes halogenated alkanes) is 6. The lowest BCUT2D eigenvalue weighted by atomic mass is 10.1. The quantitative estimate of drug-likeness (QED) is 0.269. The third-order valence-electron chi connectivity index (χ3n) is 5.45. The highest BCUT2D eigenvalue weighted by molar-refractivity contribution is 6.99. The molecular formula is C25H36O2Si. The number of aldehydes is 1. The second kappa shape index (κ2) is 11.3. The molecule has 0 spiro atoms. The van der Waals surface area contributed by atoms with Gasteiger partial charge in [-0.15, -0.1) is 0 Å². The molecule has 0 aliphatic heterocycles. The standard InChI is InChI=1S/C25H36O2Si/c1-25(2,3)28(23-17-11-9-12-18-23,24-19-13-10-14-20-24)27-22-16-8-6-4-5-7-15-21-26/h9-14,17-21H,4-8,15-16,22H2,1-3H3. The van der Waals surface area contributed by atoms with Gasteiger partial charge in [0.05, 0.1) is 0 Å². The van der Waals surface area contributed by atoms with Crippen molar-refractivity contribution in [1.29, 1.82) is 0 Å². The van der Waals surface area contributed by atoms with Gasteiger partial charge in [0.25, 0.3) is 8.32 Å². The molecule has 28 heavy (non-hydrogen) atoms. The molecule has 0 saturated heterocycles. The molecule has 0 heterocycles. The molecule has 0 bridgehead atoms. The second-order valence-corrected chi connectivity index (χ2v) is 12.9. The van der Waals surface area contributed by atoms with Crippen molar-refractivity contribution in [3.8, 4) is 0 Å². The zero-order valence-electron chi connectivity index (χ0n) is 17.8. The maximum Gasteiger partial charge on any atom is 0.261 e. The van der Waals surface area contributed by atoms with Crippen molar-refractivity contribution in [3.63, 3.8) is 0 Å². The van der Waals surface area contributed by atoms with Gasteiger partial charge in [-0.25, -0.2) is 0 Å². The van der Waals surface area contributed by atoms with Crippen LogP contribution >= 0.6 is 0 Å². The first-order valence-electron chi connectivity index (χ1n) is 10.7. The largest absolute Gasteiger partial charge is 0.407 e. The Morgan fingerprint density at radius 3 is 1.68 bits per heavy atom. The average Bonchev–Trinajstić information content (AvgIpc) is 2.70. The lowest BCUT2D eigenvalue weighted by Gasteiger charge is -2.43. The van der Waals surface area contributed by atoms with Crippen molar-refractivity contribution >= 4 is 25.0 Å². The summed E-state index contributed by atoms with van der Waals surface area (Å²) in [6, 6.07) is 21.7. The summed E-state index contributed by atoms with van der Waals surface area (Å²) in [5.74, 6) is 0. The van der Waals surface area contributed by atoms with Crippen LogP contribution in [0.3, 0.4) is 0 Å². The molecule has 0 aliphatic rings. The van der Waals surface area contributed by atoms with Crippen LogP contribution in [-0.2, 0) is 9.22 Å². The number of carbonyl (C=O) groups excluding carboxylic acids is 1. The summed E-state index contributed by atoms with van der Waals surface area (Å²) in [5.41, 5.74) is 0. The minimum Gasteiger partial charge on any atom is -0.407 e. The van der Waals surface area contributed by atoms with E-state index in [1.165, 1.54) is 29.6 Å². The van der Waals surface area contributed by atoms with E-state index >= 15 is 0 Å². The zero-order valence-corrected chi connectivity index (χ0v) is 18.8. The summed E-state index contributed by atoms with van der Waals surface area (Å²) >= 11 is 0. The Bertz CT molecular complexity index is 637. The van der Waals surface area contributed by atoms with Crippen LogP contribution < -0.4 is 10.4 Å². The van der Waals surface area contributed by atoms with E-state index in [-0.39, 0.29) is 5.04 Å². The minimum absolute atomic E-state index is 0.0462. The third-order valence-corrected chi connectivity index (χ3v) is 10.5. The van der Waals surface area contributed by atoms with Crippen molar-refractivity contribution in [1.82, 2.24) is 0 Å². The van der Waals surface area contributed by atoms with Crippen LogP contribution in [0.5, 0.6) is 0 Å². The Morgan fingerprint density at radius 2 is 1.21 bits per heavy atom. The van der Waals surface area contributed by atoms with Crippen molar-refractivity contribution in [2.24, 2.45) is 0 Å². The summed E-state index contributed by atoms with van der Waals surface area (Å²) in [6.45, 7) is 7.78. The molecule has 2 rings (SSSR count). The van der Waals surface area contributed by atoms with Crippen LogP contribution in [0.2, 0.25) is 5.04 Å². The van der Waals surface area contributed by atoms with Crippen molar-refractivity contribution in [3.05, 3.63) is 60.7 Å². The summed E-state index contributed by atoms with van der Waals surface area (Å²) in [6.07, 6.45) is 8.65. The van der Waals surface area contributed by atoms with Gasteiger partial charge in [0.1, 0.15) is 6.29 Å². The number of benzene rings is 2. The summed E-state index contributed by atoms with van der Waals surface area (Å²) in [4.78, 5) is 10.4. The van der Waals surface area contributed by atoms with E-state index in [2.05, 4.69) is 81.4 Å². The maximum atomic E-state index is 10.4. The van der Waals surface area contributed by atoms with E-state index in [4.69, 9.17) is 4.43 Å². The van der Waals surface area contributed by atoms with E-state index in [0.29, 0.717) is 6.42 Å². The number of rotatable bonds is 12. The van der Waals surface area contributed by atoms with E-state index in [1.54, 1.807) is 0 Å². The Balaban J connectivity index is 2.09. The third kappa shape index (κ3) is 5.89. The average molecular weight is 397 g/mol. The van der Waals surface area contributed by atoms with Crippen LogP contribution in [0.25, 0.3) is 0 Å². The van der Waals surface area contributed by atoms with Gasteiger partial charge in [-0.2, -0.15) is 0 Å². The molecule has 0 saturated carbocycles. The molecule has 0 aromatic heterocycles. The van der Waals surface area contributed by atoms with E-state index in [0.717, 1.165) is 32.2 Å². The summed E-state index contributed by atoms with van der Waals surface area (Å²) < 4.78 is 6.90. The molecule has 0 N–H and O–H groups in total. The van der Waals surface area contributed by atoms with Gasteiger partial charge in [-0.3, -0.25) is 0 Å². The molecule has 0 aliphatic carbocycles. The fourth-order valence-corrected chi connectivity index (χ4v) is 8.63. The van der Waals surface area contributed by atoms with Crippen LogP contribution in [0.4, 0.5) is 0 Å². The molecule has 3 heteroatoms. The maximum absolute atomic E-state index is 10.4. The highest BCUT2D eigenvalue weighted by Crippen LogP contribution is 2.36. The first-order valence-corrected chi connectivity index (χ1v) is 12.6. The van der Waals surface area contributed by atoms with Gasteiger partial charge in [0, 0.05) is 13.0 Å². The predicted octanol–water partition coefficient (Wildman–Crippen LogP) is 5.49. The normalized spacial score (nSPS) is 12.1. The Labute approximate surface area is 172 Å². The molecular weight excluding hydrogens is 360 g/mol. The molecule has 152 valence electrons. The monoisotopic (exact) mass is 396 g/mol. The van der Waals surface area contributed by atoms with Crippen LogP contribution in [-0.4, -0.2) is 21.2 Å². The van der Waals surface area contributed by atoms with E-state index < -0.39 is 8.32 Å². The Morgan fingerprint density at radius 1 is 0.750 bits per heavy atom. The Kier molecular flexibility index (Phi) is 9.13. The zero-order chi connectivity index (χ0) is 20.3. The first kappa shape index (κ1) is 22.6. The number of hydrogen-bond donors (Lipinski definition) is 0. The molecule has 2 nitrogen and oxygen atoms in total. The van der Waals surface area contributed by atoms with Gasteiger partial charge in [-0.05, 0) is 28.3 Å². The molecule has 2 aromatic carbocycles. The fourth-order valence-electron chi connectivity index (χ4n) is 4.02. The van der Waals surface area contributed by atoms with Gasteiger partial charge in [-0.1, -0.05) is 107 Å². The summed E-state index contributed by atoms with van der Waals surface area (Å²) in [5, 5.41) is 2.75. The lowest BCUT2D eigenvalue weighted by Crippen LogP contribution is -2.66. The molecule has 0 amide bonds. The van der Waals surface area contributed by atoms with Gasteiger partial charge in [0.15, 0.2) is 0 Å². The molecule has 0 fully saturated rings. The molecule has 0 unspecified atom stereocenters. The minimum atomic E-state index is -2.37. The molecule has 0 atom stereocenters. The summed E-state index contributed by atoms with van der Waals surface area (Å²) in [7, 11) is -2.37.